The smallest absolute Gasteiger partial charge is 0.242 e. The number of likely N-dealkylation sites (tertiary alicyclic amines) is 1. The van der Waals surface area contributed by atoms with Crippen LogP contribution in [0.2, 0.25) is 0 Å². The Morgan fingerprint density at radius 2 is 2.22 bits per heavy atom. The molecule has 0 aromatic carbocycles. The van der Waals surface area contributed by atoms with E-state index in [0.29, 0.717) is 13.1 Å². The molecule has 2 aliphatic rings. The number of hydrogen-bond donors (Lipinski definition) is 2. The average Bonchev–Trinajstić information content (AvgIpc) is 3.34. The van der Waals surface area contributed by atoms with Gasteiger partial charge in [-0.2, -0.15) is 5.26 Å². The van der Waals surface area contributed by atoms with Crippen LogP contribution in [0.25, 0.3) is 0 Å². The third-order valence-electron chi connectivity index (χ3n) is 5.31. The van der Waals surface area contributed by atoms with Crippen LogP contribution in [0.3, 0.4) is 0 Å². The molecule has 1 amide bonds. The first-order chi connectivity index (χ1) is 13.0. The monoisotopic (exact) mass is 391 g/mol. The number of sulfonamides is 1. The van der Waals surface area contributed by atoms with Crippen LogP contribution in [0, 0.1) is 17.2 Å². The van der Waals surface area contributed by atoms with Crippen LogP contribution in [0.4, 0.5) is 0 Å². The Balaban J connectivity index is 1.41. The zero-order valence-electron chi connectivity index (χ0n) is 15.2. The van der Waals surface area contributed by atoms with Gasteiger partial charge < -0.3 is 10.2 Å². The lowest BCUT2D eigenvalue weighted by atomic mass is 10.1. The standard InChI is InChI=1S/C18H25N5O3S/c19-10-16-3-2-8-23(16)18(24)13-21-15-6-5-14(9-15)11-22-27(25,26)17-4-1-7-20-12-17/h1,4,7,12,14-16,21-22H,2-3,5-6,8-9,11,13H2/t14?,15?,16-/m0/s1. The first-order valence-corrected chi connectivity index (χ1v) is 10.8. The van der Waals surface area contributed by atoms with Crippen molar-refractivity contribution in [2.75, 3.05) is 19.6 Å². The van der Waals surface area contributed by atoms with Crippen molar-refractivity contribution in [3.63, 3.8) is 0 Å². The van der Waals surface area contributed by atoms with Crippen LogP contribution in [-0.4, -0.2) is 55.9 Å². The van der Waals surface area contributed by atoms with Gasteiger partial charge >= 0.3 is 0 Å². The van der Waals surface area contributed by atoms with E-state index in [2.05, 4.69) is 21.1 Å². The van der Waals surface area contributed by atoms with E-state index in [-0.39, 0.29) is 35.3 Å². The molecule has 146 valence electrons. The highest BCUT2D eigenvalue weighted by atomic mass is 32.2. The van der Waals surface area contributed by atoms with Gasteiger partial charge in [-0.1, -0.05) is 0 Å². The maximum absolute atomic E-state index is 12.3. The zero-order valence-corrected chi connectivity index (χ0v) is 16.0. The minimum atomic E-state index is -3.54. The van der Waals surface area contributed by atoms with E-state index in [1.54, 1.807) is 11.0 Å². The summed E-state index contributed by atoms with van der Waals surface area (Å²) < 4.78 is 27.2. The summed E-state index contributed by atoms with van der Waals surface area (Å²) in [7, 11) is -3.54. The number of amides is 1. The van der Waals surface area contributed by atoms with Crippen LogP contribution in [0.15, 0.2) is 29.4 Å². The summed E-state index contributed by atoms with van der Waals surface area (Å²) >= 11 is 0. The maximum atomic E-state index is 12.3. The lowest BCUT2D eigenvalue weighted by molar-refractivity contribution is -0.130. The molecule has 0 bridgehead atoms. The van der Waals surface area contributed by atoms with E-state index in [0.717, 1.165) is 32.1 Å². The fourth-order valence-corrected chi connectivity index (χ4v) is 4.87. The minimum absolute atomic E-state index is 0.0280. The van der Waals surface area contributed by atoms with Crippen molar-refractivity contribution in [3.8, 4) is 6.07 Å². The van der Waals surface area contributed by atoms with Crippen molar-refractivity contribution in [1.82, 2.24) is 19.9 Å². The van der Waals surface area contributed by atoms with Gasteiger partial charge in [-0.05, 0) is 50.2 Å². The number of carbonyl (C=O) groups is 1. The Hall–Kier alpha value is -2.02. The molecule has 1 aliphatic carbocycles. The lowest BCUT2D eigenvalue weighted by Gasteiger charge is -2.21. The molecule has 1 saturated heterocycles. The largest absolute Gasteiger partial charge is 0.326 e. The zero-order chi connectivity index (χ0) is 19.3. The highest BCUT2D eigenvalue weighted by Gasteiger charge is 2.30. The van der Waals surface area contributed by atoms with E-state index in [1.165, 1.54) is 18.5 Å². The number of nitrogens with zero attached hydrogens (tertiary/aromatic N) is 3. The van der Waals surface area contributed by atoms with Crippen molar-refractivity contribution >= 4 is 15.9 Å². The molecule has 9 heteroatoms. The second kappa shape index (κ2) is 8.78. The molecule has 2 fully saturated rings. The number of hydrogen-bond acceptors (Lipinski definition) is 6. The van der Waals surface area contributed by atoms with Crippen LogP contribution >= 0.6 is 0 Å². The van der Waals surface area contributed by atoms with Crippen LogP contribution < -0.4 is 10.0 Å². The normalized spacial score (nSPS) is 25.4. The number of pyridine rings is 1. The predicted molar refractivity (Wildman–Crippen MR) is 98.9 cm³/mol. The molecule has 3 rings (SSSR count). The van der Waals surface area contributed by atoms with Gasteiger partial charge in [0, 0.05) is 31.5 Å². The van der Waals surface area contributed by atoms with Crippen molar-refractivity contribution in [2.45, 2.75) is 49.1 Å². The summed E-state index contributed by atoms with van der Waals surface area (Å²) in [5.74, 6) is 0.211. The molecule has 0 spiro atoms. The molecule has 3 atom stereocenters. The molecule has 27 heavy (non-hydrogen) atoms. The molecule has 1 saturated carbocycles. The van der Waals surface area contributed by atoms with E-state index < -0.39 is 10.0 Å². The van der Waals surface area contributed by atoms with Gasteiger partial charge in [0.05, 0.1) is 12.6 Å². The summed E-state index contributed by atoms with van der Waals surface area (Å²) in [5.41, 5.74) is 0. The van der Waals surface area contributed by atoms with E-state index in [9.17, 15) is 13.2 Å². The molecular weight excluding hydrogens is 366 g/mol. The topological polar surface area (TPSA) is 115 Å². The number of nitrogens with one attached hydrogen (secondary N) is 2. The Morgan fingerprint density at radius 3 is 2.96 bits per heavy atom. The second-order valence-corrected chi connectivity index (χ2v) is 8.94. The number of aromatic nitrogens is 1. The fraction of sp³-hybridized carbons (Fsp3) is 0.611. The molecule has 1 aliphatic heterocycles. The Labute approximate surface area is 160 Å². The molecule has 1 aromatic heterocycles. The quantitative estimate of drug-likeness (QED) is 0.705. The van der Waals surface area contributed by atoms with Gasteiger partial charge in [0.25, 0.3) is 0 Å². The van der Waals surface area contributed by atoms with Gasteiger partial charge in [-0.3, -0.25) is 9.78 Å². The third kappa shape index (κ3) is 5.03. The predicted octanol–water partition coefficient (Wildman–Crippen LogP) is 0.633. The van der Waals surface area contributed by atoms with Crippen LogP contribution in [-0.2, 0) is 14.8 Å². The summed E-state index contributed by atoms with van der Waals surface area (Å²) in [4.78, 5) is 17.9. The lowest BCUT2D eigenvalue weighted by Crippen LogP contribution is -2.43. The average molecular weight is 391 g/mol. The van der Waals surface area contributed by atoms with Gasteiger partial charge in [0.1, 0.15) is 10.9 Å². The molecule has 8 nitrogen and oxygen atoms in total. The molecule has 0 radical (unpaired) electrons. The van der Waals surface area contributed by atoms with Gasteiger partial charge in [-0.25, -0.2) is 13.1 Å². The Kier molecular flexibility index (Phi) is 6.42. The van der Waals surface area contributed by atoms with E-state index >= 15 is 0 Å². The fourth-order valence-electron chi connectivity index (χ4n) is 3.80. The molecular formula is C18H25N5O3S. The van der Waals surface area contributed by atoms with E-state index in [1.807, 2.05) is 0 Å². The van der Waals surface area contributed by atoms with Crippen molar-refractivity contribution in [1.29, 1.82) is 5.26 Å². The maximum Gasteiger partial charge on any atom is 0.242 e. The SMILES string of the molecule is N#C[C@@H]1CCCN1C(=O)CNC1CCC(CNS(=O)(=O)c2cccnc2)C1. The molecule has 2 unspecified atom stereocenters. The van der Waals surface area contributed by atoms with Crippen LogP contribution in [0.5, 0.6) is 0 Å². The summed E-state index contributed by atoms with van der Waals surface area (Å²) in [6.07, 6.45) is 7.15. The third-order valence-corrected chi connectivity index (χ3v) is 6.72. The second-order valence-electron chi connectivity index (χ2n) is 7.17. The van der Waals surface area contributed by atoms with Gasteiger partial charge in [0.2, 0.25) is 15.9 Å². The van der Waals surface area contributed by atoms with Gasteiger partial charge in [-0.15, -0.1) is 0 Å². The van der Waals surface area contributed by atoms with Gasteiger partial charge in [0.15, 0.2) is 0 Å². The summed E-state index contributed by atoms with van der Waals surface area (Å²) in [6.45, 7) is 1.27. The van der Waals surface area contributed by atoms with E-state index in [4.69, 9.17) is 5.26 Å². The van der Waals surface area contributed by atoms with Crippen molar-refractivity contribution in [2.24, 2.45) is 5.92 Å². The van der Waals surface area contributed by atoms with Crippen molar-refractivity contribution in [3.05, 3.63) is 24.5 Å². The first kappa shape index (κ1) is 19.7. The minimum Gasteiger partial charge on any atom is -0.326 e. The highest BCUT2D eigenvalue weighted by molar-refractivity contribution is 7.89. The van der Waals surface area contributed by atoms with Crippen molar-refractivity contribution < 1.29 is 13.2 Å². The Bertz CT molecular complexity index is 793. The molecule has 2 heterocycles. The number of rotatable bonds is 7. The number of carbonyl (C=O) groups excluding carboxylic acids is 1. The first-order valence-electron chi connectivity index (χ1n) is 9.32. The summed E-state index contributed by atoms with van der Waals surface area (Å²) in [6, 6.07) is 5.20. The molecule has 2 N–H and O–H groups in total. The molecule has 1 aromatic rings. The summed E-state index contributed by atoms with van der Waals surface area (Å²) in [5, 5.41) is 12.4. The number of nitriles is 1. The van der Waals surface area contributed by atoms with Crippen LogP contribution in [0.1, 0.15) is 32.1 Å². The Morgan fingerprint density at radius 1 is 1.37 bits per heavy atom. The highest BCUT2D eigenvalue weighted by Crippen LogP contribution is 2.25.